The Labute approximate surface area is 189 Å². The Balaban J connectivity index is 1.88. The van der Waals surface area contributed by atoms with Crippen LogP contribution in [0.2, 0.25) is 0 Å². The van der Waals surface area contributed by atoms with Crippen molar-refractivity contribution in [3.63, 3.8) is 0 Å². The van der Waals surface area contributed by atoms with Gasteiger partial charge in [-0.25, -0.2) is 0 Å². The second-order valence-electron chi connectivity index (χ2n) is 10.1. The largest absolute Gasteiger partial charge is 0.494 e. The van der Waals surface area contributed by atoms with Gasteiger partial charge in [0.25, 0.3) is 0 Å². The highest BCUT2D eigenvalue weighted by atomic mass is 16.7. The third-order valence-corrected chi connectivity index (χ3v) is 7.63. The van der Waals surface area contributed by atoms with Crippen molar-refractivity contribution < 1.29 is 14.2 Å². The first-order valence-corrected chi connectivity index (χ1v) is 11.1. The normalized spacial score (nSPS) is 34.9. The highest BCUT2D eigenvalue weighted by molar-refractivity contribution is 5.89. The van der Waals surface area contributed by atoms with Crippen LogP contribution in [0, 0.1) is 67.5 Å². The summed E-state index contributed by atoms with van der Waals surface area (Å²) in [7, 11) is 0. The summed E-state index contributed by atoms with van der Waals surface area (Å²) in [6, 6.07) is 13.5. The van der Waals surface area contributed by atoms with Crippen LogP contribution in [0.25, 0.3) is 0 Å². The number of nitriles is 3. The summed E-state index contributed by atoms with van der Waals surface area (Å²) in [5, 5.41) is 39.9. The Bertz CT molecular complexity index is 1040. The van der Waals surface area contributed by atoms with E-state index in [4.69, 9.17) is 19.6 Å². The van der Waals surface area contributed by atoms with Crippen molar-refractivity contribution in [2.75, 3.05) is 6.61 Å². The van der Waals surface area contributed by atoms with Gasteiger partial charge in [0.05, 0.1) is 30.7 Å². The lowest BCUT2D eigenvalue weighted by molar-refractivity contribution is -0.301. The van der Waals surface area contributed by atoms with E-state index in [0.717, 1.165) is 6.42 Å². The monoisotopic (exact) mass is 432 g/mol. The van der Waals surface area contributed by atoms with Crippen LogP contribution in [0.4, 0.5) is 0 Å². The van der Waals surface area contributed by atoms with Gasteiger partial charge in [0.1, 0.15) is 11.9 Å². The molecule has 1 aliphatic carbocycles. The Morgan fingerprint density at radius 3 is 2.31 bits per heavy atom. The lowest BCUT2D eigenvalue weighted by atomic mass is 9.49. The molecule has 0 spiro atoms. The van der Waals surface area contributed by atoms with Gasteiger partial charge in [0, 0.05) is 6.42 Å². The van der Waals surface area contributed by atoms with Crippen LogP contribution in [-0.4, -0.2) is 18.3 Å². The third-order valence-electron chi connectivity index (χ3n) is 7.63. The molecule has 1 aromatic rings. The predicted octanol–water partition coefficient (Wildman–Crippen LogP) is 4.87. The molecule has 7 nitrogen and oxygen atoms in total. The van der Waals surface area contributed by atoms with Crippen LogP contribution >= 0.6 is 0 Å². The molecule has 4 rings (SSSR count). The number of nitrogens with one attached hydrogen (secondary N) is 1. The highest BCUT2D eigenvalue weighted by Crippen LogP contribution is 2.70. The maximum atomic E-state index is 10.5. The molecule has 0 aromatic heterocycles. The first kappa shape index (κ1) is 22.1. The fraction of sp³-hybridized carbons (Fsp3) is 0.600. The minimum absolute atomic E-state index is 0.0200. The lowest BCUT2D eigenvalue weighted by Gasteiger charge is -2.54. The van der Waals surface area contributed by atoms with Crippen LogP contribution in [0.15, 0.2) is 24.3 Å². The van der Waals surface area contributed by atoms with Crippen LogP contribution in [-0.2, 0) is 9.47 Å². The molecule has 7 heteroatoms. The fourth-order valence-electron chi connectivity index (χ4n) is 5.83. The van der Waals surface area contributed by atoms with Crippen molar-refractivity contribution in [2.45, 2.75) is 58.8 Å². The zero-order valence-electron chi connectivity index (χ0n) is 18.9. The van der Waals surface area contributed by atoms with Crippen molar-refractivity contribution in [2.24, 2.45) is 28.1 Å². The van der Waals surface area contributed by atoms with E-state index in [1.807, 2.05) is 6.92 Å². The first-order valence-electron chi connectivity index (χ1n) is 11.1. The molecule has 0 radical (unpaired) electrons. The second-order valence-corrected chi connectivity index (χ2v) is 10.1. The molecule has 5 atom stereocenters. The van der Waals surface area contributed by atoms with Gasteiger partial charge < -0.3 is 14.2 Å². The summed E-state index contributed by atoms with van der Waals surface area (Å²) in [6.45, 7) is 8.85. The van der Waals surface area contributed by atoms with Gasteiger partial charge in [0.2, 0.25) is 17.1 Å². The Hall–Kier alpha value is -3.08. The molecule has 2 heterocycles. The van der Waals surface area contributed by atoms with Gasteiger partial charge in [-0.3, -0.25) is 5.41 Å². The molecule has 2 bridgehead atoms. The molecule has 32 heavy (non-hydrogen) atoms. The molecule has 166 valence electrons. The maximum absolute atomic E-state index is 10.5. The average Bonchev–Trinajstić information content (AvgIpc) is 2.97. The van der Waals surface area contributed by atoms with E-state index in [-0.39, 0.29) is 17.2 Å². The Morgan fingerprint density at radius 1 is 1.12 bits per heavy atom. The van der Waals surface area contributed by atoms with Crippen LogP contribution in [0.5, 0.6) is 5.75 Å². The molecule has 1 N–H and O–H groups in total. The van der Waals surface area contributed by atoms with E-state index >= 15 is 0 Å². The first-order chi connectivity index (χ1) is 15.1. The van der Waals surface area contributed by atoms with Crippen LogP contribution in [0.1, 0.15) is 58.6 Å². The summed E-state index contributed by atoms with van der Waals surface area (Å²) in [6.07, 6.45) is 0.849. The summed E-state index contributed by atoms with van der Waals surface area (Å²) in [5.41, 5.74) is -3.06. The summed E-state index contributed by atoms with van der Waals surface area (Å²) in [5.74, 6) is -1.16. The molecule has 1 saturated carbocycles. The molecule has 2 saturated heterocycles. The highest BCUT2D eigenvalue weighted by Gasteiger charge is 2.81. The minimum atomic E-state index is -1.92. The minimum Gasteiger partial charge on any atom is -0.494 e. The molecule has 3 aliphatic rings. The van der Waals surface area contributed by atoms with E-state index in [2.05, 4.69) is 39.0 Å². The van der Waals surface area contributed by atoms with Gasteiger partial charge in [-0.1, -0.05) is 32.9 Å². The van der Waals surface area contributed by atoms with E-state index in [0.29, 0.717) is 30.8 Å². The SMILES string of the molecule is CCOc1ccc(C2OC34CCC(C(C)(C)C)CC3C(C#N)(C(=N)O4)C2(C#N)C#N)cc1. The van der Waals surface area contributed by atoms with Gasteiger partial charge in [-0.2, -0.15) is 15.8 Å². The fourth-order valence-corrected chi connectivity index (χ4v) is 5.83. The van der Waals surface area contributed by atoms with Crippen molar-refractivity contribution in [1.29, 1.82) is 21.2 Å². The molecule has 5 unspecified atom stereocenters. The number of hydrogen-bond donors (Lipinski definition) is 1. The van der Waals surface area contributed by atoms with Crippen molar-refractivity contribution in [3.05, 3.63) is 29.8 Å². The smallest absolute Gasteiger partial charge is 0.217 e. The average molecular weight is 433 g/mol. The number of hydrogen-bond acceptors (Lipinski definition) is 7. The van der Waals surface area contributed by atoms with Gasteiger partial charge >= 0.3 is 0 Å². The topological polar surface area (TPSA) is 123 Å². The van der Waals surface area contributed by atoms with Gasteiger partial charge in [0.15, 0.2) is 5.41 Å². The second kappa shape index (κ2) is 7.22. The van der Waals surface area contributed by atoms with Gasteiger partial charge in [-0.15, -0.1) is 0 Å². The summed E-state index contributed by atoms with van der Waals surface area (Å²) < 4.78 is 18.0. The zero-order chi connectivity index (χ0) is 23.4. The van der Waals surface area contributed by atoms with E-state index in [1.54, 1.807) is 24.3 Å². The van der Waals surface area contributed by atoms with E-state index in [9.17, 15) is 15.8 Å². The predicted molar refractivity (Wildman–Crippen MR) is 115 cm³/mol. The van der Waals surface area contributed by atoms with Crippen molar-refractivity contribution in [1.82, 2.24) is 0 Å². The quantitative estimate of drug-likeness (QED) is 0.727. The summed E-state index contributed by atoms with van der Waals surface area (Å²) >= 11 is 0. The van der Waals surface area contributed by atoms with Crippen molar-refractivity contribution >= 4 is 5.90 Å². The molecule has 2 aliphatic heterocycles. The van der Waals surface area contributed by atoms with Crippen molar-refractivity contribution in [3.8, 4) is 24.0 Å². The molecule has 0 amide bonds. The Kier molecular flexibility index (Phi) is 5.00. The third kappa shape index (κ3) is 2.70. The summed E-state index contributed by atoms with van der Waals surface area (Å²) in [4.78, 5) is 0. The molecular weight excluding hydrogens is 404 g/mol. The standard InChI is InChI=1S/C25H28N4O3/c1-5-30-18-8-6-16(7-9-18)20-23(13-26,14-27)24(15-28)19-12-17(22(2,3)4)10-11-25(19,31-20)32-21(24)29/h6-9,17,19-20,29H,5,10-12H2,1-4H3. The number of nitrogens with zero attached hydrogens (tertiary/aromatic N) is 3. The lowest BCUT2D eigenvalue weighted by Crippen LogP contribution is -2.61. The number of benzene rings is 1. The zero-order valence-corrected chi connectivity index (χ0v) is 18.9. The Morgan fingerprint density at radius 2 is 1.78 bits per heavy atom. The molecule has 3 fully saturated rings. The van der Waals surface area contributed by atoms with E-state index < -0.39 is 28.6 Å². The molecular formula is C25H28N4O3. The number of ether oxygens (including phenoxy) is 3. The maximum Gasteiger partial charge on any atom is 0.217 e. The number of rotatable bonds is 3. The van der Waals surface area contributed by atoms with Crippen LogP contribution < -0.4 is 4.74 Å². The molecule has 1 aromatic carbocycles. The van der Waals surface area contributed by atoms with Gasteiger partial charge in [-0.05, 0) is 48.8 Å². The van der Waals surface area contributed by atoms with Crippen LogP contribution in [0.3, 0.4) is 0 Å². The van der Waals surface area contributed by atoms with E-state index in [1.165, 1.54) is 0 Å².